The van der Waals surface area contributed by atoms with E-state index in [0.717, 1.165) is 25.2 Å². The van der Waals surface area contributed by atoms with Gasteiger partial charge in [0, 0.05) is 18.2 Å². The van der Waals surface area contributed by atoms with E-state index in [9.17, 15) is 14.0 Å². The minimum atomic E-state index is -0.641. The molecule has 0 spiro atoms. The second-order valence-electron chi connectivity index (χ2n) is 6.25. The van der Waals surface area contributed by atoms with Crippen molar-refractivity contribution in [3.8, 4) is 5.75 Å². The second-order valence-corrected chi connectivity index (χ2v) is 7.26. The molecule has 150 valence electrons. The maximum absolute atomic E-state index is 13.6. The molecular weight excluding hydrogens is 401 g/mol. The molecule has 10 heteroatoms. The summed E-state index contributed by atoms with van der Waals surface area (Å²) in [6.07, 6.45) is 2.76. The first kappa shape index (κ1) is 19.2. The first-order valence-corrected chi connectivity index (χ1v) is 9.67. The van der Waals surface area contributed by atoms with Crippen molar-refractivity contribution in [1.29, 1.82) is 0 Å². The van der Waals surface area contributed by atoms with Gasteiger partial charge in [0.25, 0.3) is 5.91 Å². The number of amides is 1. The molecule has 4 rings (SSSR count). The van der Waals surface area contributed by atoms with Gasteiger partial charge in [-0.15, -0.1) is 10.2 Å². The lowest BCUT2D eigenvalue weighted by Gasteiger charge is -2.06. The normalized spacial score (nSPS) is 16.0. The molecule has 1 aliphatic heterocycles. The number of hydrogen-bond acceptors (Lipinski definition) is 8. The Bertz CT molecular complexity index is 1080. The number of carbonyl (C=O) groups excluding carboxylic acids is 1. The van der Waals surface area contributed by atoms with Crippen LogP contribution in [0.25, 0.3) is 0 Å². The number of benzene rings is 1. The molecule has 1 saturated heterocycles. The van der Waals surface area contributed by atoms with Crippen molar-refractivity contribution < 1.29 is 23.1 Å². The second kappa shape index (κ2) is 8.50. The van der Waals surface area contributed by atoms with Crippen LogP contribution in [0.15, 0.2) is 45.8 Å². The van der Waals surface area contributed by atoms with Crippen molar-refractivity contribution >= 4 is 22.4 Å². The van der Waals surface area contributed by atoms with Crippen molar-refractivity contribution in [2.75, 3.05) is 11.9 Å². The van der Waals surface area contributed by atoms with Crippen LogP contribution >= 0.6 is 11.3 Å². The fraction of sp³-hybridized carbons (Fsp3) is 0.263. The number of hydrogen-bond donors (Lipinski definition) is 1. The van der Waals surface area contributed by atoms with Gasteiger partial charge in [-0.2, -0.15) is 0 Å². The monoisotopic (exact) mass is 417 g/mol. The molecule has 1 N–H and O–H groups in total. The third kappa shape index (κ3) is 4.49. The number of anilines is 1. The molecule has 0 unspecified atom stereocenters. The van der Waals surface area contributed by atoms with Gasteiger partial charge in [0.05, 0.1) is 0 Å². The van der Waals surface area contributed by atoms with Crippen molar-refractivity contribution in [2.24, 2.45) is 0 Å². The maximum Gasteiger partial charge on any atom is 0.293 e. The Morgan fingerprint density at radius 3 is 2.97 bits per heavy atom. The van der Waals surface area contributed by atoms with Crippen LogP contribution in [-0.4, -0.2) is 22.7 Å². The first-order valence-electron chi connectivity index (χ1n) is 8.85. The van der Waals surface area contributed by atoms with Crippen LogP contribution in [0.3, 0.4) is 0 Å². The summed E-state index contributed by atoms with van der Waals surface area (Å²) in [4.78, 5) is 24.5. The Labute approximate surface area is 168 Å². The number of ether oxygens (including phenoxy) is 2. The van der Waals surface area contributed by atoms with E-state index in [1.54, 1.807) is 18.2 Å². The van der Waals surface area contributed by atoms with Gasteiger partial charge in [-0.25, -0.2) is 4.39 Å². The highest BCUT2D eigenvalue weighted by Gasteiger charge is 2.23. The summed E-state index contributed by atoms with van der Waals surface area (Å²) in [6.45, 7) is 0.544. The molecule has 3 aromatic rings. The molecule has 0 bridgehead atoms. The topological polar surface area (TPSA) is 104 Å². The Morgan fingerprint density at radius 2 is 2.21 bits per heavy atom. The summed E-state index contributed by atoms with van der Waals surface area (Å²) < 4.78 is 29.7. The lowest BCUT2D eigenvalue weighted by Crippen LogP contribution is -2.15. The Balaban J connectivity index is 1.40. The van der Waals surface area contributed by atoms with Crippen molar-refractivity contribution in [3.63, 3.8) is 0 Å². The Kier molecular flexibility index (Phi) is 5.63. The standard InChI is InChI=1S/C19H16FN3O5S/c20-12-5-2-1-4-11(12)9-27-16-10-28-15(8-13(16)24)17(25)21-19-23-22-18(29-19)14-6-3-7-26-14/h1-2,4-5,8,10,14H,3,6-7,9H2,(H,21,23,25)/t14-/m0/s1. The Morgan fingerprint density at radius 1 is 1.34 bits per heavy atom. The molecule has 0 radical (unpaired) electrons. The van der Waals surface area contributed by atoms with Gasteiger partial charge in [-0.05, 0) is 18.9 Å². The molecule has 0 aliphatic carbocycles. The van der Waals surface area contributed by atoms with E-state index in [4.69, 9.17) is 13.9 Å². The fourth-order valence-electron chi connectivity index (χ4n) is 2.74. The minimum absolute atomic E-state index is 0.0954. The molecule has 3 heterocycles. The van der Waals surface area contributed by atoms with Gasteiger partial charge in [0.1, 0.15) is 29.8 Å². The fourth-order valence-corrected chi connectivity index (χ4v) is 3.56. The highest BCUT2D eigenvalue weighted by atomic mass is 32.1. The summed E-state index contributed by atoms with van der Waals surface area (Å²) in [5, 5.41) is 11.4. The molecule has 8 nitrogen and oxygen atoms in total. The highest BCUT2D eigenvalue weighted by molar-refractivity contribution is 7.15. The van der Waals surface area contributed by atoms with E-state index in [1.807, 2.05) is 0 Å². The Hall–Kier alpha value is -3.11. The summed E-state index contributed by atoms with van der Waals surface area (Å²) in [6, 6.07) is 7.07. The van der Waals surface area contributed by atoms with Crippen LogP contribution in [-0.2, 0) is 11.3 Å². The van der Waals surface area contributed by atoms with E-state index in [-0.39, 0.29) is 29.4 Å². The molecule has 1 aliphatic rings. The van der Waals surface area contributed by atoms with E-state index in [1.165, 1.54) is 17.4 Å². The number of rotatable bonds is 6. The third-order valence-corrected chi connectivity index (χ3v) is 5.16. The van der Waals surface area contributed by atoms with Crippen LogP contribution in [0.2, 0.25) is 0 Å². The van der Waals surface area contributed by atoms with Gasteiger partial charge >= 0.3 is 0 Å². The van der Waals surface area contributed by atoms with E-state index in [0.29, 0.717) is 17.2 Å². The lowest BCUT2D eigenvalue weighted by atomic mass is 10.2. The van der Waals surface area contributed by atoms with E-state index < -0.39 is 17.2 Å². The largest absolute Gasteiger partial charge is 0.482 e. The summed E-state index contributed by atoms with van der Waals surface area (Å²) in [5.41, 5.74) is -0.262. The molecule has 29 heavy (non-hydrogen) atoms. The summed E-state index contributed by atoms with van der Waals surface area (Å²) in [7, 11) is 0. The average molecular weight is 417 g/mol. The van der Waals surface area contributed by atoms with Crippen LogP contribution in [0, 0.1) is 5.82 Å². The molecule has 1 fully saturated rings. The number of halogens is 1. The first-order chi connectivity index (χ1) is 14.1. The van der Waals surface area contributed by atoms with Crippen molar-refractivity contribution in [2.45, 2.75) is 25.6 Å². The van der Waals surface area contributed by atoms with Gasteiger partial charge in [0.15, 0.2) is 5.76 Å². The van der Waals surface area contributed by atoms with Gasteiger partial charge in [-0.3, -0.25) is 14.9 Å². The van der Waals surface area contributed by atoms with Crippen LogP contribution in [0.4, 0.5) is 9.52 Å². The number of nitrogens with one attached hydrogen (secondary N) is 1. The highest BCUT2D eigenvalue weighted by Crippen LogP contribution is 2.32. The SMILES string of the molecule is O=C(Nc1nnc([C@@H]2CCCO2)s1)c1cc(=O)c(OCc2ccccc2F)co1. The summed E-state index contributed by atoms with van der Waals surface area (Å²) >= 11 is 1.21. The molecule has 1 aromatic carbocycles. The third-order valence-electron chi connectivity index (χ3n) is 4.23. The van der Waals surface area contributed by atoms with Crippen LogP contribution in [0.1, 0.15) is 40.1 Å². The molecule has 1 amide bonds. The van der Waals surface area contributed by atoms with E-state index >= 15 is 0 Å². The average Bonchev–Trinajstić information content (AvgIpc) is 3.40. The van der Waals surface area contributed by atoms with Crippen LogP contribution < -0.4 is 15.5 Å². The quantitative estimate of drug-likeness (QED) is 0.656. The van der Waals surface area contributed by atoms with Crippen molar-refractivity contribution in [1.82, 2.24) is 10.2 Å². The zero-order valence-electron chi connectivity index (χ0n) is 15.1. The smallest absolute Gasteiger partial charge is 0.293 e. The minimum Gasteiger partial charge on any atom is -0.482 e. The predicted molar refractivity (Wildman–Crippen MR) is 101 cm³/mol. The lowest BCUT2D eigenvalue weighted by molar-refractivity contribution is 0.0993. The predicted octanol–water partition coefficient (Wildman–Crippen LogP) is 3.31. The molecule has 1 atom stereocenters. The zero-order valence-corrected chi connectivity index (χ0v) is 15.9. The molecule has 2 aromatic heterocycles. The molecular formula is C19H16FN3O5S. The maximum atomic E-state index is 13.6. The summed E-state index contributed by atoms with van der Waals surface area (Å²) in [5.74, 6) is -1.41. The molecule has 0 saturated carbocycles. The van der Waals surface area contributed by atoms with Crippen LogP contribution in [0.5, 0.6) is 5.75 Å². The van der Waals surface area contributed by atoms with E-state index in [2.05, 4.69) is 15.5 Å². The number of aromatic nitrogens is 2. The van der Waals surface area contributed by atoms with Gasteiger partial charge < -0.3 is 13.9 Å². The number of carbonyl (C=O) groups is 1. The zero-order chi connectivity index (χ0) is 20.2. The van der Waals surface area contributed by atoms with Gasteiger partial charge in [0.2, 0.25) is 16.3 Å². The number of nitrogens with zero attached hydrogens (tertiary/aromatic N) is 2. The van der Waals surface area contributed by atoms with Gasteiger partial charge in [-0.1, -0.05) is 29.5 Å². The van der Waals surface area contributed by atoms with Crippen molar-refractivity contribution in [3.05, 3.63) is 69.0 Å².